The standard InChI is InChI=1S/C15H18ClN3O6/c1-8(12(20)17-14(22)18-15(2,3)4)25-13(21)10-6-5-9(16)7-11(10)19(23)24/h5-8H,1-4H3,(H2,17,18,20,22). The van der Waals surface area contributed by atoms with E-state index in [0.717, 1.165) is 12.1 Å². The third-order valence-electron chi connectivity index (χ3n) is 2.75. The van der Waals surface area contributed by atoms with E-state index < -0.39 is 40.2 Å². The van der Waals surface area contributed by atoms with Gasteiger partial charge < -0.3 is 10.1 Å². The van der Waals surface area contributed by atoms with Crippen LogP contribution in [0.15, 0.2) is 18.2 Å². The Morgan fingerprint density at radius 2 is 1.88 bits per heavy atom. The number of carbonyl (C=O) groups is 3. The number of nitro benzene ring substituents is 1. The van der Waals surface area contributed by atoms with E-state index in [1.807, 2.05) is 5.32 Å². The molecule has 0 aliphatic carbocycles. The number of benzene rings is 1. The minimum absolute atomic E-state index is 0.0768. The fourth-order valence-electron chi connectivity index (χ4n) is 1.69. The molecule has 0 heterocycles. The first-order valence-electron chi connectivity index (χ1n) is 7.18. The summed E-state index contributed by atoms with van der Waals surface area (Å²) in [7, 11) is 0. The average molecular weight is 372 g/mol. The van der Waals surface area contributed by atoms with Crippen LogP contribution in [0.3, 0.4) is 0 Å². The molecule has 1 aromatic carbocycles. The smallest absolute Gasteiger partial charge is 0.345 e. The van der Waals surface area contributed by atoms with Crippen LogP contribution in [0, 0.1) is 10.1 Å². The van der Waals surface area contributed by atoms with Crippen molar-refractivity contribution in [3.05, 3.63) is 38.9 Å². The van der Waals surface area contributed by atoms with Crippen LogP contribution in [0.1, 0.15) is 38.1 Å². The monoisotopic (exact) mass is 371 g/mol. The Morgan fingerprint density at radius 3 is 2.40 bits per heavy atom. The molecule has 0 saturated carbocycles. The third kappa shape index (κ3) is 6.38. The van der Waals surface area contributed by atoms with Gasteiger partial charge in [-0.05, 0) is 39.8 Å². The van der Waals surface area contributed by atoms with Crippen LogP contribution >= 0.6 is 11.6 Å². The highest BCUT2D eigenvalue weighted by Crippen LogP contribution is 2.24. The van der Waals surface area contributed by atoms with Crippen molar-refractivity contribution in [2.75, 3.05) is 0 Å². The summed E-state index contributed by atoms with van der Waals surface area (Å²) in [6, 6.07) is 2.66. The lowest BCUT2D eigenvalue weighted by atomic mass is 10.1. The molecule has 3 amide bonds. The molecule has 136 valence electrons. The number of ether oxygens (including phenoxy) is 1. The first-order chi connectivity index (χ1) is 11.4. The molecule has 25 heavy (non-hydrogen) atoms. The number of imide groups is 1. The Balaban J connectivity index is 2.79. The van der Waals surface area contributed by atoms with Crippen LogP contribution in [0.5, 0.6) is 0 Å². The lowest BCUT2D eigenvalue weighted by Gasteiger charge is -2.21. The van der Waals surface area contributed by atoms with E-state index in [4.69, 9.17) is 16.3 Å². The van der Waals surface area contributed by atoms with Gasteiger partial charge in [0.25, 0.3) is 11.6 Å². The van der Waals surface area contributed by atoms with Gasteiger partial charge >= 0.3 is 12.0 Å². The number of rotatable bonds is 4. The van der Waals surface area contributed by atoms with E-state index in [-0.39, 0.29) is 10.6 Å². The third-order valence-corrected chi connectivity index (χ3v) is 2.99. The second kappa shape index (κ2) is 7.93. The average Bonchev–Trinajstić information content (AvgIpc) is 2.44. The van der Waals surface area contributed by atoms with E-state index in [0.29, 0.717) is 0 Å². The lowest BCUT2D eigenvalue weighted by Crippen LogP contribution is -2.50. The van der Waals surface area contributed by atoms with Crippen LogP contribution in [0.4, 0.5) is 10.5 Å². The van der Waals surface area contributed by atoms with Crippen molar-refractivity contribution in [2.24, 2.45) is 0 Å². The summed E-state index contributed by atoms with van der Waals surface area (Å²) in [5.74, 6) is -1.95. The molecule has 2 N–H and O–H groups in total. The molecule has 0 bridgehead atoms. The molecular weight excluding hydrogens is 354 g/mol. The summed E-state index contributed by atoms with van der Waals surface area (Å²) in [6.45, 7) is 6.40. The second-order valence-electron chi connectivity index (χ2n) is 6.16. The van der Waals surface area contributed by atoms with Gasteiger partial charge in [-0.25, -0.2) is 9.59 Å². The molecule has 1 rings (SSSR count). The van der Waals surface area contributed by atoms with Crippen LogP contribution in [0.2, 0.25) is 5.02 Å². The number of nitro groups is 1. The fourth-order valence-corrected chi connectivity index (χ4v) is 1.86. The maximum atomic E-state index is 12.1. The van der Waals surface area contributed by atoms with Crippen LogP contribution in [-0.2, 0) is 9.53 Å². The minimum atomic E-state index is -1.34. The molecule has 10 heteroatoms. The van der Waals surface area contributed by atoms with E-state index >= 15 is 0 Å². The molecule has 1 aromatic rings. The first-order valence-corrected chi connectivity index (χ1v) is 7.56. The SMILES string of the molecule is CC(OC(=O)c1ccc(Cl)cc1[N+](=O)[O-])C(=O)NC(=O)NC(C)(C)C. The van der Waals surface area contributed by atoms with Gasteiger partial charge in [-0.1, -0.05) is 11.6 Å². The Hall–Kier alpha value is -2.68. The van der Waals surface area contributed by atoms with Crippen LogP contribution in [0.25, 0.3) is 0 Å². The quantitative estimate of drug-likeness (QED) is 0.475. The normalized spacial score (nSPS) is 12.0. The number of hydrogen-bond acceptors (Lipinski definition) is 6. The summed E-state index contributed by atoms with van der Waals surface area (Å²) in [5.41, 5.74) is -1.46. The zero-order valence-corrected chi connectivity index (χ0v) is 14.8. The molecule has 1 unspecified atom stereocenters. The van der Waals surface area contributed by atoms with Gasteiger partial charge in [0, 0.05) is 16.6 Å². The molecular formula is C15H18ClN3O6. The minimum Gasteiger partial charge on any atom is -0.449 e. The zero-order valence-electron chi connectivity index (χ0n) is 14.1. The number of esters is 1. The van der Waals surface area contributed by atoms with Crippen molar-refractivity contribution in [1.82, 2.24) is 10.6 Å². The predicted octanol–water partition coefficient (Wildman–Crippen LogP) is 2.42. The summed E-state index contributed by atoms with van der Waals surface area (Å²) < 4.78 is 4.88. The van der Waals surface area contributed by atoms with Gasteiger partial charge in [0.05, 0.1) is 4.92 Å². The van der Waals surface area contributed by atoms with Gasteiger partial charge in [-0.2, -0.15) is 0 Å². The van der Waals surface area contributed by atoms with Crippen molar-refractivity contribution in [3.63, 3.8) is 0 Å². The number of nitrogens with zero attached hydrogens (tertiary/aromatic N) is 1. The highest BCUT2D eigenvalue weighted by molar-refractivity contribution is 6.31. The number of carbonyl (C=O) groups excluding carboxylic acids is 3. The Bertz CT molecular complexity index is 714. The first kappa shape index (κ1) is 20.4. The van der Waals surface area contributed by atoms with E-state index in [9.17, 15) is 24.5 Å². The van der Waals surface area contributed by atoms with Gasteiger partial charge in [-0.3, -0.25) is 20.2 Å². The summed E-state index contributed by atoms with van der Waals surface area (Å²) in [5, 5.41) is 15.6. The number of halogens is 1. The molecule has 0 aliphatic rings. The van der Waals surface area contributed by atoms with Crippen LogP contribution < -0.4 is 10.6 Å². The van der Waals surface area contributed by atoms with Crippen molar-refractivity contribution < 1.29 is 24.0 Å². The lowest BCUT2D eigenvalue weighted by molar-refractivity contribution is -0.385. The molecule has 1 atom stereocenters. The summed E-state index contributed by atoms with van der Waals surface area (Å²) in [4.78, 5) is 45.8. The second-order valence-corrected chi connectivity index (χ2v) is 6.60. The highest BCUT2D eigenvalue weighted by atomic mass is 35.5. The van der Waals surface area contributed by atoms with E-state index in [2.05, 4.69) is 5.32 Å². The zero-order chi connectivity index (χ0) is 19.4. The molecule has 0 fully saturated rings. The Morgan fingerprint density at radius 1 is 1.28 bits per heavy atom. The van der Waals surface area contributed by atoms with Gasteiger partial charge in [-0.15, -0.1) is 0 Å². The largest absolute Gasteiger partial charge is 0.449 e. The molecule has 0 spiro atoms. The van der Waals surface area contributed by atoms with Crippen molar-refractivity contribution >= 4 is 35.2 Å². The molecule has 0 radical (unpaired) electrons. The molecule has 0 aliphatic heterocycles. The number of nitrogens with one attached hydrogen (secondary N) is 2. The van der Waals surface area contributed by atoms with Gasteiger partial charge in [0.1, 0.15) is 5.56 Å². The van der Waals surface area contributed by atoms with E-state index in [1.165, 1.54) is 13.0 Å². The predicted molar refractivity (Wildman–Crippen MR) is 89.4 cm³/mol. The highest BCUT2D eigenvalue weighted by Gasteiger charge is 2.27. The molecule has 9 nitrogen and oxygen atoms in total. The topological polar surface area (TPSA) is 128 Å². The summed E-state index contributed by atoms with van der Waals surface area (Å²) in [6.07, 6.45) is -1.34. The van der Waals surface area contributed by atoms with Crippen molar-refractivity contribution in [2.45, 2.75) is 39.3 Å². The number of hydrogen-bond donors (Lipinski definition) is 2. The van der Waals surface area contributed by atoms with Gasteiger partial charge in [0.15, 0.2) is 6.10 Å². The maximum absolute atomic E-state index is 12.1. The maximum Gasteiger partial charge on any atom is 0.345 e. The Kier molecular flexibility index (Phi) is 6.46. The van der Waals surface area contributed by atoms with Gasteiger partial charge in [0.2, 0.25) is 0 Å². The molecule has 0 aromatic heterocycles. The van der Waals surface area contributed by atoms with Crippen LogP contribution in [-0.4, -0.2) is 34.5 Å². The number of amides is 3. The molecule has 0 saturated heterocycles. The van der Waals surface area contributed by atoms with E-state index in [1.54, 1.807) is 20.8 Å². The van der Waals surface area contributed by atoms with Crippen molar-refractivity contribution in [3.8, 4) is 0 Å². The summed E-state index contributed by atoms with van der Waals surface area (Å²) >= 11 is 5.67. The number of urea groups is 1. The Labute approximate surface area is 148 Å². The van der Waals surface area contributed by atoms with Crippen molar-refractivity contribution in [1.29, 1.82) is 0 Å². The fraction of sp³-hybridized carbons (Fsp3) is 0.400.